The number of pyridine rings is 1. The minimum Gasteiger partial charge on any atom is -0.481 e. The van der Waals surface area contributed by atoms with Crippen molar-refractivity contribution >= 4 is 34.8 Å². The predicted molar refractivity (Wildman–Crippen MR) is 72.3 cm³/mol. The van der Waals surface area contributed by atoms with Gasteiger partial charge >= 0.3 is 0 Å². The largest absolute Gasteiger partial charge is 0.481 e. The van der Waals surface area contributed by atoms with Crippen molar-refractivity contribution in [3.63, 3.8) is 0 Å². The fourth-order valence-corrected chi connectivity index (χ4v) is 1.94. The summed E-state index contributed by atoms with van der Waals surface area (Å²) in [6.07, 6.45) is 0. The summed E-state index contributed by atoms with van der Waals surface area (Å²) in [5, 5.41) is 0.967. The van der Waals surface area contributed by atoms with E-state index in [4.69, 9.17) is 44.3 Å². The molecule has 0 bridgehead atoms. The van der Waals surface area contributed by atoms with Gasteiger partial charge in [-0.25, -0.2) is 0 Å². The number of nitrogens with zero attached hydrogens (tertiary/aromatic N) is 1. The Balaban J connectivity index is 2.34. The number of hydrogen-bond acceptors (Lipinski definition) is 3. The zero-order valence-corrected chi connectivity index (χ0v) is 11.6. The van der Waals surface area contributed by atoms with E-state index in [9.17, 15) is 0 Å². The van der Waals surface area contributed by atoms with E-state index in [1.165, 1.54) is 7.11 Å². The van der Waals surface area contributed by atoms with Gasteiger partial charge in [-0.15, -0.1) is 0 Å². The molecule has 0 aliphatic carbocycles. The molecule has 18 heavy (non-hydrogen) atoms. The lowest BCUT2D eigenvalue weighted by molar-refractivity contribution is 0.395. The molecule has 2 rings (SSSR count). The average molecular weight is 305 g/mol. The van der Waals surface area contributed by atoms with Gasteiger partial charge in [-0.3, -0.25) is 0 Å². The number of ether oxygens (including phenoxy) is 2. The molecule has 0 fully saturated rings. The van der Waals surface area contributed by atoms with Crippen molar-refractivity contribution in [1.82, 2.24) is 4.98 Å². The summed E-state index contributed by atoms with van der Waals surface area (Å²) in [5.74, 6) is 1.10. The molecule has 2 aromatic rings. The summed E-state index contributed by atoms with van der Waals surface area (Å²) in [5.41, 5.74) is 0. The Labute approximate surface area is 119 Å². The molecule has 0 aliphatic heterocycles. The summed E-state index contributed by atoms with van der Waals surface area (Å²) in [6, 6.07) is 8.34. The van der Waals surface area contributed by atoms with Crippen LogP contribution in [0.3, 0.4) is 0 Å². The SMILES string of the molecule is COc1ccc(Oc2c(Cl)cccc2Cl)c(Cl)n1. The summed E-state index contributed by atoms with van der Waals surface area (Å²) >= 11 is 17.9. The first-order chi connectivity index (χ1) is 8.61. The van der Waals surface area contributed by atoms with Gasteiger partial charge in [0, 0.05) is 6.07 Å². The number of aromatic nitrogens is 1. The number of para-hydroxylation sites is 1. The van der Waals surface area contributed by atoms with Crippen molar-refractivity contribution in [3.8, 4) is 17.4 Å². The van der Waals surface area contributed by atoms with E-state index < -0.39 is 0 Å². The van der Waals surface area contributed by atoms with Crippen LogP contribution in [0.5, 0.6) is 17.4 Å². The van der Waals surface area contributed by atoms with Crippen LogP contribution in [0.25, 0.3) is 0 Å². The molecule has 0 saturated carbocycles. The Morgan fingerprint density at radius 3 is 2.22 bits per heavy atom. The Morgan fingerprint density at radius 1 is 1.00 bits per heavy atom. The fraction of sp³-hybridized carbons (Fsp3) is 0.0833. The maximum Gasteiger partial charge on any atom is 0.214 e. The maximum atomic E-state index is 5.99. The average Bonchev–Trinajstić information content (AvgIpc) is 2.35. The fourth-order valence-electron chi connectivity index (χ4n) is 1.28. The Bertz CT molecular complexity index is 555. The van der Waals surface area contributed by atoms with Crippen molar-refractivity contribution in [1.29, 1.82) is 0 Å². The minimum atomic E-state index is 0.172. The quantitative estimate of drug-likeness (QED) is 0.760. The van der Waals surface area contributed by atoms with Gasteiger partial charge in [0.2, 0.25) is 5.88 Å². The van der Waals surface area contributed by atoms with Gasteiger partial charge in [0.15, 0.2) is 16.7 Å². The van der Waals surface area contributed by atoms with Crippen molar-refractivity contribution in [2.75, 3.05) is 7.11 Å². The normalized spacial score (nSPS) is 10.2. The topological polar surface area (TPSA) is 31.4 Å². The molecule has 94 valence electrons. The molecule has 1 heterocycles. The number of hydrogen-bond donors (Lipinski definition) is 0. The van der Waals surface area contributed by atoms with E-state index in [2.05, 4.69) is 4.98 Å². The van der Waals surface area contributed by atoms with Gasteiger partial charge in [0.25, 0.3) is 0 Å². The highest BCUT2D eigenvalue weighted by Crippen LogP contribution is 2.38. The third kappa shape index (κ3) is 2.80. The van der Waals surface area contributed by atoms with Gasteiger partial charge in [-0.1, -0.05) is 40.9 Å². The molecule has 0 amide bonds. The second kappa shape index (κ2) is 5.65. The van der Waals surface area contributed by atoms with Crippen LogP contribution in [0.15, 0.2) is 30.3 Å². The minimum absolute atomic E-state index is 0.172. The lowest BCUT2D eigenvalue weighted by atomic mass is 10.3. The van der Waals surface area contributed by atoms with Gasteiger partial charge in [0.05, 0.1) is 17.2 Å². The van der Waals surface area contributed by atoms with Crippen molar-refractivity contribution in [2.24, 2.45) is 0 Å². The third-order valence-electron chi connectivity index (χ3n) is 2.13. The second-order valence-electron chi connectivity index (χ2n) is 3.30. The molecule has 0 spiro atoms. The first-order valence-corrected chi connectivity index (χ1v) is 6.07. The maximum absolute atomic E-state index is 5.99. The zero-order valence-electron chi connectivity index (χ0n) is 9.28. The smallest absolute Gasteiger partial charge is 0.214 e. The molecule has 3 nitrogen and oxygen atoms in total. The first kappa shape index (κ1) is 13.3. The van der Waals surface area contributed by atoms with E-state index in [0.29, 0.717) is 27.4 Å². The van der Waals surface area contributed by atoms with Crippen molar-refractivity contribution in [3.05, 3.63) is 45.5 Å². The number of rotatable bonds is 3. The molecule has 1 aromatic heterocycles. The van der Waals surface area contributed by atoms with Crippen LogP contribution in [0.1, 0.15) is 0 Å². The monoisotopic (exact) mass is 303 g/mol. The van der Waals surface area contributed by atoms with Gasteiger partial charge < -0.3 is 9.47 Å². The van der Waals surface area contributed by atoms with Gasteiger partial charge in [0.1, 0.15) is 0 Å². The summed E-state index contributed by atoms with van der Waals surface area (Å²) in [6.45, 7) is 0. The summed E-state index contributed by atoms with van der Waals surface area (Å²) in [7, 11) is 1.50. The molecule has 0 radical (unpaired) electrons. The molecular weight excluding hydrogens is 296 g/mol. The van der Waals surface area contributed by atoms with Crippen LogP contribution in [0, 0.1) is 0 Å². The Morgan fingerprint density at radius 2 is 1.67 bits per heavy atom. The Hall–Kier alpha value is -1.16. The number of benzene rings is 1. The number of halogens is 3. The van der Waals surface area contributed by atoms with Crippen LogP contribution in [0.4, 0.5) is 0 Å². The molecule has 0 saturated heterocycles. The molecule has 0 aliphatic rings. The number of methoxy groups -OCH3 is 1. The van der Waals surface area contributed by atoms with Crippen LogP contribution in [-0.2, 0) is 0 Å². The molecule has 6 heteroatoms. The highest BCUT2D eigenvalue weighted by molar-refractivity contribution is 6.37. The molecular formula is C12H8Cl3NO2. The van der Waals surface area contributed by atoms with Crippen LogP contribution in [-0.4, -0.2) is 12.1 Å². The Kier molecular flexibility index (Phi) is 4.17. The van der Waals surface area contributed by atoms with Gasteiger partial charge in [-0.05, 0) is 18.2 Å². The lowest BCUT2D eigenvalue weighted by Gasteiger charge is -2.10. The molecule has 1 aromatic carbocycles. The van der Waals surface area contributed by atoms with Crippen molar-refractivity contribution < 1.29 is 9.47 Å². The standard InChI is InChI=1S/C12H8Cl3NO2/c1-17-10-6-5-9(12(15)16-10)18-11-7(13)3-2-4-8(11)14/h2-6H,1H3. The van der Waals surface area contributed by atoms with Crippen LogP contribution >= 0.6 is 34.8 Å². The van der Waals surface area contributed by atoms with E-state index in [1.54, 1.807) is 30.3 Å². The molecule has 0 atom stereocenters. The second-order valence-corrected chi connectivity index (χ2v) is 4.47. The van der Waals surface area contributed by atoms with Crippen LogP contribution in [0.2, 0.25) is 15.2 Å². The highest BCUT2D eigenvalue weighted by Gasteiger charge is 2.11. The predicted octanol–water partition coefficient (Wildman–Crippen LogP) is 4.84. The molecule has 0 N–H and O–H groups in total. The van der Waals surface area contributed by atoms with E-state index in [1.807, 2.05) is 0 Å². The highest BCUT2D eigenvalue weighted by atomic mass is 35.5. The van der Waals surface area contributed by atoms with Crippen LogP contribution < -0.4 is 9.47 Å². The van der Waals surface area contributed by atoms with Crippen molar-refractivity contribution in [2.45, 2.75) is 0 Å². The zero-order chi connectivity index (χ0) is 13.1. The molecule has 0 unspecified atom stereocenters. The summed E-state index contributed by atoms with van der Waals surface area (Å²) < 4.78 is 10.5. The first-order valence-electron chi connectivity index (χ1n) is 4.94. The lowest BCUT2D eigenvalue weighted by Crippen LogP contribution is -1.92. The third-order valence-corrected chi connectivity index (χ3v) is 3.00. The summed E-state index contributed by atoms with van der Waals surface area (Å²) in [4.78, 5) is 3.98. The van der Waals surface area contributed by atoms with Gasteiger partial charge in [-0.2, -0.15) is 4.98 Å². The van der Waals surface area contributed by atoms with E-state index >= 15 is 0 Å². The van der Waals surface area contributed by atoms with E-state index in [0.717, 1.165) is 0 Å². The van der Waals surface area contributed by atoms with E-state index in [-0.39, 0.29) is 5.15 Å².